The lowest BCUT2D eigenvalue weighted by Crippen LogP contribution is -2.11. The van der Waals surface area contributed by atoms with Crippen molar-refractivity contribution in [2.75, 3.05) is 6.61 Å². The number of hydrogen-bond donors (Lipinski definition) is 3. The summed E-state index contributed by atoms with van der Waals surface area (Å²) >= 11 is 0.948. The fourth-order valence-corrected chi connectivity index (χ4v) is 4.42. The smallest absolute Gasteiger partial charge is 0.265 e. The Bertz CT molecular complexity index is 1070. The number of hydrogen-bond acceptors (Lipinski definition) is 6. The van der Waals surface area contributed by atoms with Crippen molar-refractivity contribution in [3.63, 3.8) is 0 Å². The van der Waals surface area contributed by atoms with Gasteiger partial charge in [0.05, 0.1) is 16.8 Å². The van der Waals surface area contributed by atoms with Gasteiger partial charge in [0.25, 0.3) is 10.0 Å². The largest absolute Gasteiger partial charge is 0.396 e. The number of benzene rings is 1. The molecule has 124 valence electrons. The number of primary sulfonamides is 1. The summed E-state index contributed by atoms with van der Waals surface area (Å²) in [5.41, 5.74) is 3.27. The van der Waals surface area contributed by atoms with Gasteiger partial charge in [-0.3, -0.25) is 0 Å². The van der Waals surface area contributed by atoms with Gasteiger partial charge in [-0.1, -0.05) is 12.1 Å². The molecule has 0 spiro atoms. The average Bonchev–Trinajstić information content (AvgIpc) is 3.12. The molecule has 0 bridgehead atoms. The first-order chi connectivity index (χ1) is 11.4. The van der Waals surface area contributed by atoms with E-state index in [1.807, 2.05) is 19.1 Å². The van der Waals surface area contributed by atoms with Gasteiger partial charge in [-0.15, -0.1) is 11.3 Å². The van der Waals surface area contributed by atoms with Gasteiger partial charge in [-0.2, -0.15) is 5.26 Å². The Morgan fingerprint density at radius 1 is 1.46 bits per heavy atom. The van der Waals surface area contributed by atoms with Gasteiger partial charge >= 0.3 is 0 Å². The predicted octanol–water partition coefficient (Wildman–Crippen LogP) is 1.65. The molecule has 0 saturated carbocycles. The number of H-pyrrole nitrogens is 1. The Kier molecular flexibility index (Phi) is 4.15. The summed E-state index contributed by atoms with van der Waals surface area (Å²) in [4.78, 5) is 7.86. The topological polar surface area (TPSA) is 133 Å². The highest BCUT2D eigenvalue weighted by atomic mass is 32.2. The van der Waals surface area contributed by atoms with Crippen LogP contribution in [0.25, 0.3) is 22.2 Å². The van der Waals surface area contributed by atoms with Gasteiger partial charge in [0.2, 0.25) is 4.34 Å². The van der Waals surface area contributed by atoms with Crippen LogP contribution in [0.15, 0.2) is 22.7 Å². The minimum absolute atomic E-state index is 0.136. The highest BCUT2D eigenvalue weighted by Gasteiger charge is 2.22. The first-order valence-corrected chi connectivity index (χ1v) is 9.37. The maximum Gasteiger partial charge on any atom is 0.265 e. The van der Waals surface area contributed by atoms with Crippen LogP contribution in [0.5, 0.6) is 0 Å². The van der Waals surface area contributed by atoms with E-state index in [-0.39, 0.29) is 17.4 Å². The first kappa shape index (κ1) is 16.6. The number of aliphatic hydroxyl groups is 1. The van der Waals surface area contributed by atoms with Crippen LogP contribution >= 0.6 is 11.3 Å². The van der Waals surface area contributed by atoms with Gasteiger partial charge in [-0.05, 0) is 12.5 Å². The highest BCUT2D eigenvalue weighted by molar-refractivity contribution is 7.91. The van der Waals surface area contributed by atoms with Crippen molar-refractivity contribution >= 4 is 32.3 Å². The summed E-state index contributed by atoms with van der Waals surface area (Å²) in [6.45, 7) is 1.76. The number of thiazole rings is 1. The van der Waals surface area contributed by atoms with Crippen LogP contribution in [-0.2, 0) is 16.4 Å². The number of aliphatic hydroxyl groups excluding tert-OH is 1. The van der Waals surface area contributed by atoms with Crippen LogP contribution in [0.2, 0.25) is 0 Å². The molecule has 2 heterocycles. The van der Waals surface area contributed by atoms with E-state index in [4.69, 9.17) is 5.14 Å². The molecule has 9 heteroatoms. The van der Waals surface area contributed by atoms with Crippen LogP contribution in [0.3, 0.4) is 0 Å². The van der Waals surface area contributed by atoms with Crippen molar-refractivity contribution in [3.8, 4) is 17.3 Å². The Labute approximate surface area is 142 Å². The zero-order chi connectivity index (χ0) is 17.5. The molecule has 0 atom stereocenters. The lowest BCUT2D eigenvalue weighted by molar-refractivity contribution is 0.300. The molecule has 0 amide bonds. The number of nitriles is 1. The zero-order valence-corrected chi connectivity index (χ0v) is 14.3. The molecule has 0 unspecified atom stereocenters. The summed E-state index contributed by atoms with van der Waals surface area (Å²) < 4.78 is 23.0. The molecule has 3 aromatic rings. The van der Waals surface area contributed by atoms with Crippen LogP contribution < -0.4 is 5.14 Å². The molecule has 0 fully saturated rings. The Morgan fingerprint density at radius 2 is 2.21 bits per heavy atom. The van der Waals surface area contributed by atoms with Crippen molar-refractivity contribution in [2.45, 2.75) is 17.7 Å². The molecule has 0 radical (unpaired) electrons. The number of rotatable bonds is 4. The number of aromatic nitrogens is 2. The number of nitrogens with one attached hydrogen (secondary N) is 1. The third-order valence-corrected chi connectivity index (χ3v) is 6.11. The summed E-state index contributed by atoms with van der Waals surface area (Å²) in [7, 11) is -3.93. The van der Waals surface area contributed by atoms with E-state index in [1.165, 1.54) is 0 Å². The number of aryl methyl sites for hydroxylation is 1. The van der Waals surface area contributed by atoms with E-state index >= 15 is 0 Å². The minimum Gasteiger partial charge on any atom is -0.396 e. The SMILES string of the molecule is Cc1ccc(-c2nc(S(N)(=O)=O)sc2CCO)c2[nH]cc(C#N)c12. The monoisotopic (exact) mass is 362 g/mol. The fraction of sp³-hybridized carbons (Fsp3) is 0.200. The average molecular weight is 362 g/mol. The lowest BCUT2D eigenvalue weighted by atomic mass is 10.0. The molecular formula is C15H14N4O3S2. The van der Waals surface area contributed by atoms with E-state index < -0.39 is 10.0 Å². The van der Waals surface area contributed by atoms with Crippen LogP contribution in [0.4, 0.5) is 0 Å². The molecule has 0 aliphatic rings. The van der Waals surface area contributed by atoms with Gasteiger partial charge in [0.15, 0.2) is 0 Å². The third-order valence-electron chi connectivity index (χ3n) is 3.68. The fourth-order valence-electron chi connectivity index (χ4n) is 2.64. The molecular weight excluding hydrogens is 348 g/mol. The third kappa shape index (κ3) is 2.70. The summed E-state index contributed by atoms with van der Waals surface area (Å²) in [5, 5.41) is 24.5. The van der Waals surface area contributed by atoms with Crippen molar-refractivity contribution in [3.05, 3.63) is 34.3 Å². The summed E-state index contributed by atoms with van der Waals surface area (Å²) in [5.74, 6) is 0. The maximum absolute atomic E-state index is 11.6. The molecule has 0 aliphatic heterocycles. The predicted molar refractivity (Wildman–Crippen MR) is 91.0 cm³/mol. The maximum atomic E-state index is 11.6. The molecule has 0 saturated heterocycles. The van der Waals surface area contributed by atoms with E-state index in [9.17, 15) is 18.8 Å². The van der Waals surface area contributed by atoms with Crippen molar-refractivity contribution < 1.29 is 13.5 Å². The second kappa shape index (κ2) is 5.99. The summed E-state index contributed by atoms with van der Waals surface area (Å²) in [6, 6.07) is 5.80. The van der Waals surface area contributed by atoms with Gasteiger partial charge in [-0.25, -0.2) is 18.5 Å². The Balaban J connectivity index is 2.32. The second-order valence-corrected chi connectivity index (χ2v) is 8.08. The quantitative estimate of drug-likeness (QED) is 0.649. The molecule has 7 nitrogen and oxygen atoms in total. The molecule has 4 N–H and O–H groups in total. The van der Waals surface area contributed by atoms with E-state index in [0.717, 1.165) is 22.3 Å². The van der Waals surface area contributed by atoms with Crippen LogP contribution in [-0.4, -0.2) is 30.1 Å². The number of nitrogens with two attached hydrogens (primary N) is 1. The lowest BCUT2D eigenvalue weighted by Gasteiger charge is -2.05. The first-order valence-electron chi connectivity index (χ1n) is 7.01. The number of fused-ring (bicyclic) bond motifs is 1. The summed E-state index contributed by atoms with van der Waals surface area (Å²) in [6.07, 6.45) is 1.88. The van der Waals surface area contributed by atoms with Crippen molar-refractivity contribution in [1.82, 2.24) is 9.97 Å². The number of sulfonamides is 1. The number of aromatic amines is 1. The molecule has 24 heavy (non-hydrogen) atoms. The van der Waals surface area contributed by atoms with Crippen LogP contribution in [0, 0.1) is 18.3 Å². The second-order valence-electron chi connectivity index (χ2n) is 5.26. The van der Waals surface area contributed by atoms with Gasteiger partial charge in [0.1, 0.15) is 6.07 Å². The Morgan fingerprint density at radius 3 is 2.83 bits per heavy atom. The molecule has 0 aliphatic carbocycles. The molecule has 1 aromatic carbocycles. The molecule has 3 rings (SSSR count). The minimum atomic E-state index is -3.93. The normalized spacial score (nSPS) is 11.8. The van der Waals surface area contributed by atoms with E-state index in [2.05, 4.69) is 16.0 Å². The van der Waals surface area contributed by atoms with Crippen molar-refractivity contribution in [2.24, 2.45) is 5.14 Å². The zero-order valence-electron chi connectivity index (χ0n) is 12.7. The number of nitrogens with zero attached hydrogens (tertiary/aromatic N) is 2. The molecule has 2 aromatic heterocycles. The van der Waals surface area contributed by atoms with E-state index in [1.54, 1.807) is 6.20 Å². The standard InChI is InChI=1S/C15H14N4O3S2/c1-8-2-3-10(14-12(8)9(6-16)7-18-14)13-11(4-5-20)23-15(19-13)24(17,21)22/h2-3,7,18,20H,4-5H2,1H3,(H2,17,21,22). The Hall–Kier alpha value is -2.25. The van der Waals surface area contributed by atoms with Crippen molar-refractivity contribution in [1.29, 1.82) is 5.26 Å². The van der Waals surface area contributed by atoms with E-state index in [0.29, 0.717) is 27.2 Å². The van der Waals surface area contributed by atoms with Gasteiger partial charge in [0, 0.05) is 35.1 Å². The van der Waals surface area contributed by atoms with Crippen LogP contribution in [0.1, 0.15) is 16.0 Å². The highest BCUT2D eigenvalue weighted by Crippen LogP contribution is 2.36. The van der Waals surface area contributed by atoms with Gasteiger partial charge < -0.3 is 10.1 Å².